The van der Waals surface area contributed by atoms with Crippen molar-refractivity contribution in [1.29, 1.82) is 0 Å². The van der Waals surface area contributed by atoms with Crippen molar-refractivity contribution in [2.45, 2.75) is 6.92 Å². The van der Waals surface area contributed by atoms with Crippen LogP contribution in [0.1, 0.15) is 24.1 Å². The van der Waals surface area contributed by atoms with Crippen LogP contribution in [0.15, 0.2) is 63.8 Å². The van der Waals surface area contributed by atoms with E-state index in [1.807, 2.05) is 31.2 Å². The van der Waals surface area contributed by atoms with E-state index < -0.39 is 0 Å². The average molecular weight is 490 g/mol. The number of ether oxygens (including phenoxy) is 2. The minimum atomic E-state index is -0.314. The highest BCUT2D eigenvalue weighted by molar-refractivity contribution is 7.15. The number of fused-ring (bicyclic) bond motifs is 1. The molecule has 35 heavy (non-hydrogen) atoms. The summed E-state index contributed by atoms with van der Waals surface area (Å²) in [5, 5.41) is 4.31. The molecule has 3 aromatic heterocycles. The zero-order chi connectivity index (χ0) is 24.4. The van der Waals surface area contributed by atoms with Crippen LogP contribution in [0, 0.1) is 5.82 Å². The molecule has 0 N–H and O–H groups in total. The zero-order valence-electron chi connectivity index (χ0n) is 18.9. The Labute approximate surface area is 203 Å². The van der Waals surface area contributed by atoms with Crippen molar-refractivity contribution in [2.75, 3.05) is 13.7 Å². The second kappa shape index (κ2) is 9.55. The smallest absolute Gasteiger partial charge is 0.291 e. The van der Waals surface area contributed by atoms with Crippen molar-refractivity contribution in [3.63, 3.8) is 0 Å². The molecule has 5 rings (SSSR count). The summed E-state index contributed by atoms with van der Waals surface area (Å²) in [6.07, 6.45) is 5.23. The first-order valence-electron chi connectivity index (χ1n) is 10.8. The van der Waals surface area contributed by atoms with Gasteiger partial charge in [-0.15, -0.1) is 5.10 Å². The molecule has 0 aliphatic rings. The highest BCUT2D eigenvalue weighted by Gasteiger charge is 2.11. The lowest BCUT2D eigenvalue weighted by molar-refractivity contribution is 0.311. The number of thiazole rings is 1. The molecule has 7 nitrogen and oxygen atoms in total. The predicted octanol–water partition coefficient (Wildman–Crippen LogP) is 4.68. The van der Waals surface area contributed by atoms with E-state index in [0.717, 1.165) is 11.1 Å². The molecular formula is C26H20FN3O4S. The average Bonchev–Trinajstić information content (AvgIpc) is 3.56. The maximum Gasteiger partial charge on any atom is 0.291 e. The summed E-state index contributed by atoms with van der Waals surface area (Å²) in [5.74, 6) is 2.51. The molecule has 0 atom stereocenters. The van der Waals surface area contributed by atoms with Crippen LogP contribution in [-0.2, 0) is 0 Å². The molecule has 5 aromatic rings. The van der Waals surface area contributed by atoms with E-state index in [1.54, 1.807) is 43.5 Å². The zero-order valence-corrected chi connectivity index (χ0v) is 19.7. The molecule has 0 unspecified atom stereocenters. The summed E-state index contributed by atoms with van der Waals surface area (Å²) in [6, 6.07) is 15.2. The van der Waals surface area contributed by atoms with Crippen LogP contribution < -0.4 is 19.6 Å². The van der Waals surface area contributed by atoms with Gasteiger partial charge in [0.2, 0.25) is 4.96 Å². The monoisotopic (exact) mass is 489 g/mol. The maximum atomic E-state index is 13.1. The summed E-state index contributed by atoms with van der Waals surface area (Å²) in [6.45, 7) is 2.46. The Kier molecular flexibility index (Phi) is 6.15. The third-order valence-electron chi connectivity index (χ3n) is 5.14. The lowest BCUT2D eigenvalue weighted by Gasteiger charge is -2.09. The molecule has 3 heterocycles. The van der Waals surface area contributed by atoms with E-state index in [2.05, 4.69) is 10.1 Å². The Morgan fingerprint density at radius 1 is 1.09 bits per heavy atom. The second-order valence-electron chi connectivity index (χ2n) is 7.47. The van der Waals surface area contributed by atoms with E-state index >= 15 is 0 Å². The molecule has 0 bridgehead atoms. The van der Waals surface area contributed by atoms with Crippen molar-refractivity contribution >= 4 is 34.5 Å². The minimum Gasteiger partial charge on any atom is -0.493 e. The van der Waals surface area contributed by atoms with Gasteiger partial charge in [-0.2, -0.15) is 9.50 Å². The van der Waals surface area contributed by atoms with Crippen LogP contribution in [0.4, 0.5) is 4.39 Å². The molecule has 0 saturated heterocycles. The van der Waals surface area contributed by atoms with E-state index in [0.29, 0.717) is 44.9 Å². The van der Waals surface area contributed by atoms with E-state index in [9.17, 15) is 9.18 Å². The Morgan fingerprint density at radius 2 is 1.91 bits per heavy atom. The fourth-order valence-corrected chi connectivity index (χ4v) is 4.38. The van der Waals surface area contributed by atoms with Crippen molar-refractivity contribution < 1.29 is 18.3 Å². The second-order valence-corrected chi connectivity index (χ2v) is 8.47. The Balaban J connectivity index is 1.38. The quantitative estimate of drug-likeness (QED) is 0.331. The van der Waals surface area contributed by atoms with Gasteiger partial charge in [-0.3, -0.25) is 4.79 Å². The first-order chi connectivity index (χ1) is 17.0. The number of halogens is 1. The number of hydrogen-bond donors (Lipinski definition) is 0. The van der Waals surface area contributed by atoms with Gasteiger partial charge in [-0.1, -0.05) is 23.5 Å². The predicted molar refractivity (Wildman–Crippen MR) is 133 cm³/mol. The Morgan fingerprint density at radius 3 is 2.66 bits per heavy atom. The molecule has 2 aromatic carbocycles. The number of hydrogen-bond acceptors (Lipinski definition) is 7. The Hall–Kier alpha value is -4.24. The van der Waals surface area contributed by atoms with Gasteiger partial charge in [0.1, 0.15) is 21.9 Å². The van der Waals surface area contributed by atoms with E-state index in [-0.39, 0.29) is 11.4 Å². The summed E-state index contributed by atoms with van der Waals surface area (Å²) in [5.41, 5.74) is 1.35. The highest BCUT2D eigenvalue weighted by atomic mass is 32.1. The fourth-order valence-electron chi connectivity index (χ4n) is 3.48. The van der Waals surface area contributed by atoms with Crippen LogP contribution >= 0.6 is 11.3 Å². The van der Waals surface area contributed by atoms with Gasteiger partial charge >= 0.3 is 0 Å². The molecule has 176 valence electrons. The molecule has 0 aliphatic carbocycles. The number of nitrogens with zero attached hydrogens (tertiary/aromatic N) is 3. The number of aromatic nitrogens is 3. The highest BCUT2D eigenvalue weighted by Crippen LogP contribution is 2.28. The largest absolute Gasteiger partial charge is 0.493 e. The van der Waals surface area contributed by atoms with Crippen LogP contribution in [0.25, 0.3) is 34.5 Å². The van der Waals surface area contributed by atoms with Crippen LogP contribution in [0.3, 0.4) is 0 Å². The van der Waals surface area contributed by atoms with Gasteiger partial charge in [-0.05, 0) is 67.1 Å². The first-order valence-corrected chi connectivity index (χ1v) is 11.6. The van der Waals surface area contributed by atoms with Crippen LogP contribution in [0.2, 0.25) is 0 Å². The SMILES string of the molecule is CCOc1ccc(/C=C/c2nc3s/c(=C\c4ccc(-c5ccc(F)cc5)o4)c(=O)n3n2)cc1OC. The maximum absolute atomic E-state index is 13.1. The van der Waals surface area contributed by atoms with E-state index in [4.69, 9.17) is 13.9 Å². The number of methoxy groups -OCH3 is 1. The summed E-state index contributed by atoms with van der Waals surface area (Å²) in [7, 11) is 1.59. The van der Waals surface area contributed by atoms with Crippen molar-refractivity contribution in [2.24, 2.45) is 0 Å². The van der Waals surface area contributed by atoms with Gasteiger partial charge in [-0.25, -0.2) is 4.39 Å². The standard InChI is InChI=1S/C26H20FN3O4S/c1-3-33-21-11-4-16(14-22(21)32-2)5-13-24-28-26-30(29-24)25(31)23(35-26)15-19-10-12-20(34-19)17-6-8-18(27)9-7-17/h4-15H,3H2,1-2H3/b13-5+,23-15-. The van der Waals surface area contributed by atoms with Gasteiger partial charge in [0.15, 0.2) is 17.3 Å². The Bertz CT molecular complexity index is 1630. The normalized spacial score (nSPS) is 12.1. The van der Waals surface area contributed by atoms with Crippen molar-refractivity contribution in [3.8, 4) is 22.8 Å². The molecule has 0 fully saturated rings. The molecule has 0 spiro atoms. The van der Waals surface area contributed by atoms with Crippen LogP contribution in [0.5, 0.6) is 11.5 Å². The molecular weight excluding hydrogens is 469 g/mol. The van der Waals surface area contributed by atoms with Crippen LogP contribution in [-0.4, -0.2) is 28.3 Å². The lowest BCUT2D eigenvalue weighted by atomic mass is 10.2. The number of furan rings is 1. The molecule has 0 aliphatic heterocycles. The van der Waals surface area contributed by atoms with E-state index in [1.165, 1.54) is 28.0 Å². The van der Waals surface area contributed by atoms with Gasteiger partial charge in [0.05, 0.1) is 13.7 Å². The summed E-state index contributed by atoms with van der Waals surface area (Å²) < 4.78 is 31.6. The van der Waals surface area contributed by atoms with Gasteiger partial charge < -0.3 is 13.9 Å². The van der Waals surface area contributed by atoms with Crippen molar-refractivity contribution in [3.05, 3.63) is 92.4 Å². The fraction of sp³-hybridized carbons (Fsp3) is 0.115. The van der Waals surface area contributed by atoms with Gasteiger partial charge in [0, 0.05) is 11.6 Å². The molecule has 0 amide bonds. The molecule has 0 radical (unpaired) electrons. The third kappa shape index (κ3) is 4.71. The lowest BCUT2D eigenvalue weighted by Crippen LogP contribution is -2.23. The minimum absolute atomic E-state index is 0.278. The summed E-state index contributed by atoms with van der Waals surface area (Å²) in [4.78, 5) is 17.7. The third-order valence-corrected chi connectivity index (χ3v) is 6.10. The molecule has 0 saturated carbocycles. The van der Waals surface area contributed by atoms with Crippen molar-refractivity contribution in [1.82, 2.24) is 14.6 Å². The molecule has 9 heteroatoms. The van der Waals surface area contributed by atoms with Gasteiger partial charge in [0.25, 0.3) is 5.56 Å². The number of benzene rings is 2. The first kappa shape index (κ1) is 22.5. The topological polar surface area (TPSA) is 78.9 Å². The summed E-state index contributed by atoms with van der Waals surface area (Å²) >= 11 is 1.22. The number of rotatable bonds is 7.